The van der Waals surface area contributed by atoms with Gasteiger partial charge >= 0.3 is 0 Å². The molecule has 120 valence electrons. The van der Waals surface area contributed by atoms with E-state index in [2.05, 4.69) is 30.7 Å². The Kier molecular flexibility index (Phi) is 8.33. The maximum atomic E-state index is 5.12. The molecule has 1 aromatic rings. The number of aromatic nitrogens is 2. The SMILES string of the molecule is CCCCCCC(C)(CCCCC)c1cnc(OC)cn1. The Morgan fingerprint density at radius 3 is 2.05 bits per heavy atom. The molecule has 1 atom stereocenters. The van der Waals surface area contributed by atoms with Crippen LogP contribution in [0.3, 0.4) is 0 Å². The van der Waals surface area contributed by atoms with Crippen LogP contribution < -0.4 is 4.74 Å². The first-order chi connectivity index (χ1) is 10.2. The molecule has 0 bridgehead atoms. The largest absolute Gasteiger partial charge is 0.480 e. The lowest BCUT2D eigenvalue weighted by molar-refractivity contribution is 0.351. The Hall–Kier alpha value is -1.12. The van der Waals surface area contributed by atoms with Gasteiger partial charge in [0.2, 0.25) is 5.88 Å². The number of ether oxygens (including phenoxy) is 1. The van der Waals surface area contributed by atoms with Gasteiger partial charge in [-0.2, -0.15) is 0 Å². The summed E-state index contributed by atoms with van der Waals surface area (Å²) < 4.78 is 5.12. The van der Waals surface area contributed by atoms with E-state index in [1.54, 1.807) is 13.3 Å². The van der Waals surface area contributed by atoms with Crippen molar-refractivity contribution in [1.82, 2.24) is 9.97 Å². The number of methoxy groups -OCH3 is 1. The second kappa shape index (κ2) is 9.75. The van der Waals surface area contributed by atoms with E-state index in [4.69, 9.17) is 4.74 Å². The predicted octanol–water partition coefficient (Wildman–Crippen LogP) is 5.29. The first kappa shape index (κ1) is 17.9. The summed E-state index contributed by atoms with van der Waals surface area (Å²) in [4.78, 5) is 8.96. The van der Waals surface area contributed by atoms with Gasteiger partial charge in [-0.25, -0.2) is 4.98 Å². The highest BCUT2D eigenvalue weighted by molar-refractivity contribution is 5.15. The van der Waals surface area contributed by atoms with Crippen LogP contribution in [-0.2, 0) is 5.41 Å². The van der Waals surface area contributed by atoms with Crippen molar-refractivity contribution in [2.24, 2.45) is 0 Å². The van der Waals surface area contributed by atoms with E-state index < -0.39 is 0 Å². The second-order valence-corrected chi connectivity index (χ2v) is 6.27. The second-order valence-electron chi connectivity index (χ2n) is 6.27. The summed E-state index contributed by atoms with van der Waals surface area (Å²) in [7, 11) is 1.63. The molecule has 0 N–H and O–H groups in total. The van der Waals surface area contributed by atoms with E-state index >= 15 is 0 Å². The molecule has 3 nitrogen and oxygen atoms in total. The standard InChI is InChI=1S/C18H32N2O/c1-5-7-9-11-13-18(3,12-10-8-6-2)16-14-20-17(21-4)15-19-16/h14-15H,5-13H2,1-4H3. The van der Waals surface area contributed by atoms with Gasteiger partial charge in [0.1, 0.15) is 0 Å². The summed E-state index contributed by atoms with van der Waals surface area (Å²) in [6, 6.07) is 0. The molecule has 1 unspecified atom stereocenters. The molecule has 0 fully saturated rings. The summed E-state index contributed by atoms with van der Waals surface area (Å²) in [5, 5.41) is 0. The molecule has 3 heteroatoms. The summed E-state index contributed by atoms with van der Waals surface area (Å²) >= 11 is 0. The van der Waals surface area contributed by atoms with Gasteiger partial charge in [-0.15, -0.1) is 0 Å². The Balaban J connectivity index is 2.72. The number of nitrogens with zero attached hydrogens (tertiary/aromatic N) is 2. The number of unbranched alkanes of at least 4 members (excludes halogenated alkanes) is 5. The van der Waals surface area contributed by atoms with Gasteiger partial charge in [0.15, 0.2) is 0 Å². The molecule has 0 radical (unpaired) electrons. The smallest absolute Gasteiger partial charge is 0.231 e. The van der Waals surface area contributed by atoms with Crippen molar-refractivity contribution in [3.8, 4) is 5.88 Å². The fourth-order valence-electron chi connectivity index (χ4n) is 2.82. The van der Waals surface area contributed by atoms with Crippen molar-refractivity contribution >= 4 is 0 Å². The zero-order valence-corrected chi connectivity index (χ0v) is 14.3. The fourth-order valence-corrected chi connectivity index (χ4v) is 2.82. The van der Waals surface area contributed by atoms with Crippen LogP contribution in [0, 0.1) is 0 Å². The topological polar surface area (TPSA) is 35.0 Å². The highest BCUT2D eigenvalue weighted by Gasteiger charge is 2.27. The molecule has 0 aliphatic carbocycles. The minimum atomic E-state index is 0.155. The van der Waals surface area contributed by atoms with E-state index in [0.29, 0.717) is 5.88 Å². The van der Waals surface area contributed by atoms with Gasteiger partial charge < -0.3 is 4.74 Å². The van der Waals surface area contributed by atoms with Gasteiger partial charge in [0.25, 0.3) is 0 Å². The predicted molar refractivity (Wildman–Crippen MR) is 88.8 cm³/mol. The van der Waals surface area contributed by atoms with Crippen molar-refractivity contribution in [3.05, 3.63) is 18.1 Å². The molecule has 0 spiro atoms. The van der Waals surface area contributed by atoms with E-state index in [9.17, 15) is 0 Å². The minimum absolute atomic E-state index is 0.155. The molecule has 1 rings (SSSR count). The lowest BCUT2D eigenvalue weighted by atomic mass is 9.77. The zero-order valence-electron chi connectivity index (χ0n) is 14.3. The monoisotopic (exact) mass is 292 g/mol. The fraction of sp³-hybridized carbons (Fsp3) is 0.778. The van der Waals surface area contributed by atoms with Gasteiger partial charge in [0, 0.05) is 5.41 Å². The summed E-state index contributed by atoms with van der Waals surface area (Å²) in [6.07, 6.45) is 15.1. The van der Waals surface area contributed by atoms with Crippen LogP contribution in [0.4, 0.5) is 0 Å². The van der Waals surface area contributed by atoms with Crippen LogP contribution in [0.5, 0.6) is 5.88 Å². The Bertz CT molecular complexity index is 377. The van der Waals surface area contributed by atoms with E-state index in [-0.39, 0.29) is 5.41 Å². The Labute approximate surface area is 130 Å². The molecule has 0 aromatic carbocycles. The summed E-state index contributed by atoms with van der Waals surface area (Å²) in [6.45, 7) is 6.87. The quantitative estimate of drug-likeness (QED) is 0.519. The van der Waals surface area contributed by atoms with Gasteiger partial charge in [-0.05, 0) is 12.8 Å². The molecule has 0 aliphatic rings. The lowest BCUT2D eigenvalue weighted by Crippen LogP contribution is -2.24. The Morgan fingerprint density at radius 1 is 0.905 bits per heavy atom. The van der Waals surface area contributed by atoms with Crippen LogP contribution in [0.25, 0.3) is 0 Å². The molecule has 0 aliphatic heterocycles. The van der Waals surface area contributed by atoms with E-state index in [1.807, 2.05) is 6.20 Å². The van der Waals surface area contributed by atoms with E-state index in [0.717, 1.165) is 5.69 Å². The zero-order chi connectivity index (χ0) is 15.6. The van der Waals surface area contributed by atoms with Crippen LogP contribution in [-0.4, -0.2) is 17.1 Å². The summed E-state index contributed by atoms with van der Waals surface area (Å²) in [5.74, 6) is 0.598. The molecule has 1 aromatic heterocycles. The molecule has 0 amide bonds. The van der Waals surface area contributed by atoms with Crippen molar-refractivity contribution < 1.29 is 4.74 Å². The third-order valence-electron chi connectivity index (χ3n) is 4.37. The van der Waals surface area contributed by atoms with Crippen molar-refractivity contribution in [3.63, 3.8) is 0 Å². The highest BCUT2D eigenvalue weighted by Crippen LogP contribution is 2.34. The number of hydrogen-bond acceptors (Lipinski definition) is 3. The van der Waals surface area contributed by atoms with Crippen molar-refractivity contribution in [2.75, 3.05) is 7.11 Å². The first-order valence-electron chi connectivity index (χ1n) is 8.52. The maximum absolute atomic E-state index is 5.12. The minimum Gasteiger partial charge on any atom is -0.480 e. The van der Waals surface area contributed by atoms with Gasteiger partial charge in [-0.3, -0.25) is 4.98 Å². The number of hydrogen-bond donors (Lipinski definition) is 0. The van der Waals surface area contributed by atoms with Crippen molar-refractivity contribution in [1.29, 1.82) is 0 Å². The molecule has 21 heavy (non-hydrogen) atoms. The van der Waals surface area contributed by atoms with Crippen LogP contribution in [0.2, 0.25) is 0 Å². The molecule has 1 heterocycles. The number of rotatable bonds is 11. The molecule has 0 saturated heterocycles. The molecule has 0 saturated carbocycles. The van der Waals surface area contributed by atoms with Gasteiger partial charge in [0.05, 0.1) is 25.2 Å². The van der Waals surface area contributed by atoms with Crippen LogP contribution >= 0.6 is 0 Å². The average molecular weight is 292 g/mol. The Morgan fingerprint density at radius 2 is 1.52 bits per heavy atom. The van der Waals surface area contributed by atoms with Crippen molar-refractivity contribution in [2.45, 2.75) is 84.0 Å². The summed E-state index contributed by atoms with van der Waals surface area (Å²) in [5.41, 5.74) is 1.28. The first-order valence-corrected chi connectivity index (χ1v) is 8.52. The third-order valence-corrected chi connectivity index (χ3v) is 4.37. The lowest BCUT2D eigenvalue weighted by Gasteiger charge is -2.29. The normalized spacial score (nSPS) is 13.9. The van der Waals surface area contributed by atoms with Crippen LogP contribution in [0.15, 0.2) is 12.4 Å². The highest BCUT2D eigenvalue weighted by atomic mass is 16.5. The molecular weight excluding hydrogens is 260 g/mol. The van der Waals surface area contributed by atoms with E-state index in [1.165, 1.54) is 57.8 Å². The average Bonchev–Trinajstić information content (AvgIpc) is 2.52. The van der Waals surface area contributed by atoms with Crippen LogP contribution in [0.1, 0.15) is 84.3 Å². The molecular formula is C18H32N2O. The third kappa shape index (κ3) is 6.03. The maximum Gasteiger partial charge on any atom is 0.231 e. The van der Waals surface area contributed by atoms with Gasteiger partial charge in [-0.1, -0.05) is 65.7 Å².